The number of halogens is 1. The molecule has 1 saturated heterocycles. The van der Waals surface area contributed by atoms with Gasteiger partial charge in [0.15, 0.2) is 0 Å². The maximum absolute atomic E-state index is 12.5. The predicted octanol–water partition coefficient (Wildman–Crippen LogP) is 1.97. The Balaban J connectivity index is 1.67. The molecule has 2 N–H and O–H groups in total. The van der Waals surface area contributed by atoms with Crippen LogP contribution in [0, 0.1) is 0 Å². The van der Waals surface area contributed by atoms with Crippen LogP contribution in [0.25, 0.3) is 0 Å². The number of benzene rings is 1. The summed E-state index contributed by atoms with van der Waals surface area (Å²) in [5, 5.41) is 12.1. The van der Waals surface area contributed by atoms with Crippen LogP contribution in [0.5, 0.6) is 0 Å². The second-order valence-electron chi connectivity index (χ2n) is 5.52. The molecule has 0 aliphatic carbocycles. The van der Waals surface area contributed by atoms with Crippen molar-refractivity contribution in [2.24, 2.45) is 0 Å². The van der Waals surface area contributed by atoms with Gasteiger partial charge in [-0.15, -0.1) is 0 Å². The van der Waals surface area contributed by atoms with E-state index in [0.717, 1.165) is 5.69 Å². The van der Waals surface area contributed by atoms with Gasteiger partial charge in [0.2, 0.25) is 5.91 Å². The lowest BCUT2D eigenvalue weighted by molar-refractivity contribution is -0.118. The van der Waals surface area contributed by atoms with Gasteiger partial charge in [-0.05, 0) is 42.8 Å². The van der Waals surface area contributed by atoms with E-state index in [1.54, 1.807) is 29.2 Å². The van der Waals surface area contributed by atoms with E-state index in [4.69, 9.17) is 16.7 Å². The Labute approximate surface area is 148 Å². The van der Waals surface area contributed by atoms with Crippen LogP contribution in [0.3, 0.4) is 0 Å². The number of aromatic nitrogens is 1. The summed E-state index contributed by atoms with van der Waals surface area (Å²) in [7, 11) is 0. The summed E-state index contributed by atoms with van der Waals surface area (Å²) in [5.74, 6) is -1.84. The lowest BCUT2D eigenvalue weighted by Crippen LogP contribution is -2.41. The van der Waals surface area contributed by atoms with Crippen LogP contribution in [0.1, 0.15) is 27.3 Å². The highest BCUT2D eigenvalue weighted by Gasteiger charge is 2.33. The number of carbonyl (C=O) groups is 3. The molecular weight excluding hydrogens is 346 g/mol. The number of anilines is 1. The number of amides is 2. The van der Waals surface area contributed by atoms with Crippen LogP contribution in [-0.2, 0) is 4.79 Å². The van der Waals surface area contributed by atoms with Crippen LogP contribution < -0.4 is 10.2 Å². The minimum atomic E-state index is -1.17. The minimum absolute atomic E-state index is 0.151. The first-order valence-corrected chi connectivity index (χ1v) is 7.90. The van der Waals surface area contributed by atoms with Gasteiger partial charge in [0, 0.05) is 23.5 Å². The molecule has 1 aliphatic heterocycles. The number of aromatic carboxylic acids is 1. The van der Waals surface area contributed by atoms with E-state index >= 15 is 0 Å². The number of carboxylic acid groups (broad SMARTS) is 1. The Morgan fingerprint density at radius 2 is 1.92 bits per heavy atom. The average molecular weight is 360 g/mol. The fourth-order valence-electron chi connectivity index (χ4n) is 2.59. The van der Waals surface area contributed by atoms with Gasteiger partial charge in [0.1, 0.15) is 11.7 Å². The van der Waals surface area contributed by atoms with Gasteiger partial charge in [-0.3, -0.25) is 9.59 Å². The number of hydrogen-bond acceptors (Lipinski definition) is 4. The van der Waals surface area contributed by atoms with Crippen molar-refractivity contribution in [1.29, 1.82) is 0 Å². The number of rotatable bonds is 4. The number of nitrogens with zero attached hydrogens (tertiary/aromatic N) is 2. The Hall–Kier alpha value is -2.93. The average Bonchev–Trinajstić information content (AvgIpc) is 2.96. The monoisotopic (exact) mass is 359 g/mol. The van der Waals surface area contributed by atoms with Gasteiger partial charge in [-0.2, -0.15) is 0 Å². The highest BCUT2D eigenvalue weighted by molar-refractivity contribution is 6.30. The first-order chi connectivity index (χ1) is 12.0. The van der Waals surface area contributed by atoms with Crippen LogP contribution in [-0.4, -0.2) is 40.5 Å². The third-order valence-electron chi connectivity index (χ3n) is 3.89. The van der Waals surface area contributed by atoms with Gasteiger partial charge < -0.3 is 15.3 Å². The fraction of sp³-hybridized carbons (Fsp3) is 0.176. The normalized spacial score (nSPS) is 16.8. The zero-order valence-corrected chi connectivity index (χ0v) is 13.7. The number of carbonyl (C=O) groups excluding carboxylic acids is 2. The van der Waals surface area contributed by atoms with Crippen LogP contribution >= 0.6 is 11.6 Å². The Morgan fingerprint density at radius 1 is 1.20 bits per heavy atom. The van der Waals surface area contributed by atoms with Crippen molar-refractivity contribution < 1.29 is 19.5 Å². The molecular formula is C17H14ClN3O4. The molecule has 3 rings (SSSR count). The van der Waals surface area contributed by atoms with E-state index in [9.17, 15) is 14.4 Å². The summed E-state index contributed by atoms with van der Waals surface area (Å²) in [4.78, 5) is 40.8. The van der Waals surface area contributed by atoms with E-state index in [-0.39, 0.29) is 17.2 Å². The summed E-state index contributed by atoms with van der Waals surface area (Å²) in [5.41, 5.74) is 0.767. The summed E-state index contributed by atoms with van der Waals surface area (Å²) in [6.45, 7) is 0.488. The van der Waals surface area contributed by atoms with Gasteiger partial charge in [0.05, 0.1) is 5.56 Å². The molecule has 0 radical (unpaired) electrons. The fourth-order valence-corrected chi connectivity index (χ4v) is 2.71. The van der Waals surface area contributed by atoms with Crippen LogP contribution in [0.4, 0.5) is 5.69 Å². The van der Waals surface area contributed by atoms with Crippen molar-refractivity contribution in [2.75, 3.05) is 11.4 Å². The quantitative estimate of drug-likeness (QED) is 0.869. The van der Waals surface area contributed by atoms with E-state index in [2.05, 4.69) is 10.3 Å². The van der Waals surface area contributed by atoms with Crippen molar-refractivity contribution in [1.82, 2.24) is 10.3 Å². The van der Waals surface area contributed by atoms with Crippen molar-refractivity contribution in [3.05, 3.63) is 58.9 Å². The summed E-state index contributed by atoms with van der Waals surface area (Å²) in [6, 6.07) is 8.87. The van der Waals surface area contributed by atoms with Crippen molar-refractivity contribution in [3.63, 3.8) is 0 Å². The number of nitrogens with one attached hydrogen (secondary N) is 1. The van der Waals surface area contributed by atoms with E-state index in [1.165, 1.54) is 18.3 Å². The molecule has 2 heterocycles. The SMILES string of the molecule is O=C(N[C@H]1CCN(c2ccc(Cl)cc2)C1=O)c1ccc(C(=O)O)nc1. The highest BCUT2D eigenvalue weighted by atomic mass is 35.5. The zero-order valence-electron chi connectivity index (χ0n) is 13.0. The van der Waals surface area contributed by atoms with Crippen LogP contribution in [0.15, 0.2) is 42.6 Å². The molecule has 1 aliphatic rings. The standard InChI is InChI=1S/C17H14ClN3O4/c18-11-2-4-12(5-3-11)21-8-7-13(16(21)23)20-15(22)10-1-6-14(17(24)25)19-9-10/h1-6,9,13H,7-8H2,(H,20,22)(H,24,25)/t13-/m0/s1. The third kappa shape index (κ3) is 3.61. The first kappa shape index (κ1) is 16.9. The molecule has 2 amide bonds. The Bertz CT molecular complexity index is 821. The Kier molecular flexibility index (Phi) is 4.67. The largest absolute Gasteiger partial charge is 0.477 e. The highest BCUT2D eigenvalue weighted by Crippen LogP contribution is 2.23. The van der Waals surface area contributed by atoms with Gasteiger partial charge in [-0.25, -0.2) is 9.78 Å². The minimum Gasteiger partial charge on any atom is -0.477 e. The topological polar surface area (TPSA) is 99.6 Å². The van der Waals surface area contributed by atoms with Gasteiger partial charge in [0.25, 0.3) is 5.91 Å². The molecule has 0 saturated carbocycles. The molecule has 2 aromatic rings. The predicted molar refractivity (Wildman–Crippen MR) is 90.9 cm³/mol. The van der Waals surface area contributed by atoms with Crippen molar-refractivity contribution in [2.45, 2.75) is 12.5 Å². The molecule has 128 valence electrons. The molecule has 25 heavy (non-hydrogen) atoms. The number of carboxylic acids is 1. The number of pyridine rings is 1. The summed E-state index contributed by atoms with van der Waals surface area (Å²) >= 11 is 5.85. The van der Waals surface area contributed by atoms with E-state index < -0.39 is 17.9 Å². The van der Waals surface area contributed by atoms with Crippen LogP contribution in [0.2, 0.25) is 5.02 Å². The maximum atomic E-state index is 12.5. The summed E-state index contributed by atoms with van der Waals surface area (Å²) < 4.78 is 0. The van der Waals surface area contributed by atoms with Crippen molar-refractivity contribution in [3.8, 4) is 0 Å². The second kappa shape index (κ2) is 6.90. The maximum Gasteiger partial charge on any atom is 0.354 e. The molecule has 0 spiro atoms. The molecule has 1 fully saturated rings. The van der Waals surface area contributed by atoms with Gasteiger partial charge >= 0.3 is 5.97 Å². The zero-order chi connectivity index (χ0) is 18.0. The molecule has 7 nitrogen and oxygen atoms in total. The molecule has 8 heteroatoms. The Morgan fingerprint density at radius 3 is 2.52 bits per heavy atom. The molecule has 0 bridgehead atoms. The van der Waals surface area contributed by atoms with E-state index in [0.29, 0.717) is 18.0 Å². The first-order valence-electron chi connectivity index (χ1n) is 7.53. The second-order valence-corrected chi connectivity index (χ2v) is 5.95. The van der Waals surface area contributed by atoms with Gasteiger partial charge in [-0.1, -0.05) is 11.6 Å². The molecule has 1 atom stereocenters. The van der Waals surface area contributed by atoms with Crippen molar-refractivity contribution >= 4 is 35.1 Å². The molecule has 0 unspecified atom stereocenters. The lowest BCUT2D eigenvalue weighted by Gasteiger charge is -2.17. The molecule has 1 aromatic heterocycles. The summed E-state index contributed by atoms with van der Waals surface area (Å²) in [6.07, 6.45) is 1.66. The van der Waals surface area contributed by atoms with E-state index in [1.807, 2.05) is 0 Å². The molecule has 1 aromatic carbocycles. The smallest absolute Gasteiger partial charge is 0.354 e. The number of hydrogen-bond donors (Lipinski definition) is 2. The third-order valence-corrected chi connectivity index (χ3v) is 4.15. The lowest BCUT2D eigenvalue weighted by atomic mass is 10.2.